The fraction of sp³-hybridized carbons (Fsp3) is 0.367. The topological polar surface area (TPSA) is 56.8 Å². The van der Waals surface area contributed by atoms with Gasteiger partial charge < -0.3 is 19.5 Å². The number of nitrogens with one attached hydrogen (secondary N) is 1. The van der Waals surface area contributed by atoms with Crippen molar-refractivity contribution in [3.05, 3.63) is 108 Å². The van der Waals surface area contributed by atoms with Crippen LogP contribution in [-0.2, 0) is 38.8 Å². The van der Waals surface area contributed by atoms with Crippen LogP contribution in [-0.4, -0.2) is 31.3 Å². The zero-order valence-corrected chi connectivity index (χ0v) is 20.3. The maximum absolute atomic E-state index is 11.7. The molecule has 4 atom stereocenters. The van der Waals surface area contributed by atoms with Gasteiger partial charge in [-0.1, -0.05) is 91.0 Å². The lowest BCUT2D eigenvalue weighted by Gasteiger charge is -2.28. The Hall–Kier alpha value is -2.99. The van der Waals surface area contributed by atoms with Crippen LogP contribution in [0.15, 0.2) is 91.0 Å². The summed E-state index contributed by atoms with van der Waals surface area (Å²) in [6, 6.07) is 30.6. The van der Waals surface area contributed by atoms with E-state index in [0.717, 1.165) is 23.1 Å². The first-order chi connectivity index (χ1) is 17.2. The smallest absolute Gasteiger partial charge is 0.216 e. The summed E-state index contributed by atoms with van der Waals surface area (Å²) in [5.74, 6) is 0.285. The van der Waals surface area contributed by atoms with Crippen molar-refractivity contribution in [1.29, 1.82) is 0 Å². The van der Waals surface area contributed by atoms with Crippen molar-refractivity contribution in [1.82, 2.24) is 5.32 Å². The summed E-state index contributed by atoms with van der Waals surface area (Å²) in [5, 5.41) is 3.00. The van der Waals surface area contributed by atoms with Crippen LogP contribution in [0.25, 0.3) is 0 Å². The average Bonchev–Trinajstić information content (AvgIpc) is 3.23. The standard InChI is InChI=1S/C30H35NO4/c1-23(32)31-18-27-17-28(22-33-19-24-11-5-2-6-12-24)30(35-21-26-15-9-4-10-16-26)29(27)34-20-25-13-7-3-8-14-25/h2-16,27-30H,17-22H2,1H3,(H,31,32)/t27-,28+,29-,30+/m0/s1. The Morgan fingerprint density at radius 1 is 0.714 bits per heavy atom. The summed E-state index contributed by atoms with van der Waals surface area (Å²) in [6.45, 7) is 4.28. The van der Waals surface area contributed by atoms with Gasteiger partial charge >= 0.3 is 0 Å². The molecule has 3 aromatic rings. The molecular formula is C30H35NO4. The molecule has 0 spiro atoms. The highest BCUT2D eigenvalue weighted by Gasteiger charge is 2.45. The molecule has 1 aliphatic rings. The third-order valence-electron chi connectivity index (χ3n) is 6.49. The van der Waals surface area contributed by atoms with Crippen molar-refractivity contribution >= 4 is 5.91 Å². The Labute approximate surface area is 208 Å². The molecule has 0 aliphatic heterocycles. The molecule has 1 saturated carbocycles. The molecule has 5 nitrogen and oxygen atoms in total. The summed E-state index contributed by atoms with van der Waals surface area (Å²) < 4.78 is 19.2. The molecule has 0 heterocycles. The van der Waals surface area contributed by atoms with E-state index in [2.05, 4.69) is 41.7 Å². The first kappa shape index (κ1) is 25.1. The Morgan fingerprint density at radius 3 is 1.66 bits per heavy atom. The molecule has 0 radical (unpaired) electrons. The molecule has 3 aromatic carbocycles. The third-order valence-corrected chi connectivity index (χ3v) is 6.49. The van der Waals surface area contributed by atoms with E-state index in [1.807, 2.05) is 54.6 Å². The number of amides is 1. The van der Waals surface area contributed by atoms with Crippen molar-refractivity contribution in [2.24, 2.45) is 11.8 Å². The number of carbonyl (C=O) groups excluding carboxylic acids is 1. The lowest BCUT2D eigenvalue weighted by Crippen LogP contribution is -2.38. The van der Waals surface area contributed by atoms with Gasteiger partial charge in [0.15, 0.2) is 0 Å². The number of hydrogen-bond acceptors (Lipinski definition) is 4. The lowest BCUT2D eigenvalue weighted by atomic mass is 10.0. The minimum atomic E-state index is -0.143. The fourth-order valence-electron chi connectivity index (χ4n) is 4.73. The number of hydrogen-bond donors (Lipinski definition) is 1. The number of carbonyl (C=O) groups is 1. The van der Waals surface area contributed by atoms with Crippen LogP contribution in [0.3, 0.4) is 0 Å². The molecule has 1 fully saturated rings. The maximum Gasteiger partial charge on any atom is 0.216 e. The molecule has 4 rings (SSSR count). The third kappa shape index (κ3) is 7.76. The van der Waals surface area contributed by atoms with Gasteiger partial charge in [0.05, 0.1) is 38.6 Å². The van der Waals surface area contributed by atoms with Gasteiger partial charge in [-0.15, -0.1) is 0 Å². The molecule has 0 saturated heterocycles. The van der Waals surface area contributed by atoms with Crippen molar-refractivity contribution in [2.45, 2.75) is 45.4 Å². The van der Waals surface area contributed by atoms with E-state index in [1.165, 1.54) is 0 Å². The van der Waals surface area contributed by atoms with E-state index in [4.69, 9.17) is 14.2 Å². The van der Waals surface area contributed by atoms with Crippen molar-refractivity contribution in [3.8, 4) is 0 Å². The molecule has 0 unspecified atom stereocenters. The average molecular weight is 474 g/mol. The maximum atomic E-state index is 11.7. The molecule has 184 valence electrons. The van der Waals surface area contributed by atoms with Gasteiger partial charge in [0.1, 0.15) is 0 Å². The van der Waals surface area contributed by atoms with E-state index < -0.39 is 0 Å². The van der Waals surface area contributed by atoms with Crippen LogP contribution in [0, 0.1) is 11.8 Å². The second-order valence-electron chi connectivity index (χ2n) is 9.22. The van der Waals surface area contributed by atoms with Gasteiger partial charge in [0, 0.05) is 25.3 Å². The normalized spacial score (nSPS) is 21.6. The van der Waals surface area contributed by atoms with Crippen LogP contribution in [0.5, 0.6) is 0 Å². The Bertz CT molecular complexity index is 1010. The highest BCUT2D eigenvalue weighted by atomic mass is 16.5. The predicted molar refractivity (Wildman–Crippen MR) is 136 cm³/mol. The fourth-order valence-corrected chi connectivity index (χ4v) is 4.73. The van der Waals surface area contributed by atoms with Gasteiger partial charge in [-0.05, 0) is 23.1 Å². The summed E-state index contributed by atoms with van der Waals surface area (Å²) in [5.41, 5.74) is 3.40. The minimum absolute atomic E-state index is 0.0302. The number of rotatable bonds is 12. The van der Waals surface area contributed by atoms with Gasteiger partial charge in [-0.3, -0.25) is 4.79 Å². The van der Waals surface area contributed by atoms with E-state index in [-0.39, 0.29) is 30.0 Å². The van der Waals surface area contributed by atoms with Crippen LogP contribution in [0.4, 0.5) is 0 Å². The van der Waals surface area contributed by atoms with Crippen LogP contribution in [0.2, 0.25) is 0 Å². The van der Waals surface area contributed by atoms with E-state index in [1.54, 1.807) is 6.92 Å². The zero-order valence-electron chi connectivity index (χ0n) is 20.3. The van der Waals surface area contributed by atoms with Gasteiger partial charge in [-0.25, -0.2) is 0 Å². The van der Waals surface area contributed by atoms with Crippen LogP contribution in [0.1, 0.15) is 30.0 Å². The van der Waals surface area contributed by atoms with E-state index in [9.17, 15) is 4.79 Å². The quantitative estimate of drug-likeness (QED) is 0.395. The van der Waals surface area contributed by atoms with E-state index in [0.29, 0.717) is 33.0 Å². The second-order valence-corrected chi connectivity index (χ2v) is 9.22. The molecule has 1 N–H and O–H groups in total. The second kappa shape index (κ2) is 13.2. The Morgan fingerprint density at radius 2 is 1.17 bits per heavy atom. The summed E-state index contributed by atoms with van der Waals surface area (Å²) in [7, 11) is 0. The first-order valence-corrected chi connectivity index (χ1v) is 12.4. The molecule has 0 bridgehead atoms. The Kier molecular flexibility index (Phi) is 9.47. The number of benzene rings is 3. The monoisotopic (exact) mass is 473 g/mol. The van der Waals surface area contributed by atoms with Crippen molar-refractivity contribution in [3.63, 3.8) is 0 Å². The largest absolute Gasteiger partial charge is 0.376 e. The summed E-state index contributed by atoms with van der Waals surface area (Å²) in [4.78, 5) is 11.7. The van der Waals surface area contributed by atoms with Gasteiger partial charge in [0.2, 0.25) is 5.91 Å². The predicted octanol–water partition coefficient (Wildman–Crippen LogP) is 5.15. The van der Waals surface area contributed by atoms with Crippen molar-refractivity contribution in [2.75, 3.05) is 13.2 Å². The lowest BCUT2D eigenvalue weighted by molar-refractivity contribution is -0.120. The number of ether oxygens (including phenoxy) is 3. The van der Waals surface area contributed by atoms with Gasteiger partial charge in [0.25, 0.3) is 0 Å². The summed E-state index contributed by atoms with van der Waals surface area (Å²) >= 11 is 0. The highest BCUT2D eigenvalue weighted by Crippen LogP contribution is 2.37. The first-order valence-electron chi connectivity index (χ1n) is 12.4. The minimum Gasteiger partial charge on any atom is -0.376 e. The molecule has 1 aliphatic carbocycles. The SMILES string of the molecule is CC(=O)NC[C@@H]1C[C@H](COCc2ccccc2)[C@@H](OCc2ccccc2)[C@H]1OCc1ccccc1. The van der Waals surface area contributed by atoms with E-state index >= 15 is 0 Å². The Balaban J connectivity index is 1.47. The molecule has 0 aromatic heterocycles. The summed E-state index contributed by atoms with van der Waals surface area (Å²) in [6.07, 6.45) is 0.595. The molecular weight excluding hydrogens is 438 g/mol. The zero-order chi connectivity index (χ0) is 24.3. The highest BCUT2D eigenvalue weighted by molar-refractivity contribution is 5.72. The van der Waals surface area contributed by atoms with Crippen molar-refractivity contribution < 1.29 is 19.0 Å². The molecule has 5 heteroatoms. The molecule has 35 heavy (non-hydrogen) atoms. The van der Waals surface area contributed by atoms with Gasteiger partial charge in [-0.2, -0.15) is 0 Å². The molecule has 1 amide bonds. The van der Waals surface area contributed by atoms with Crippen LogP contribution >= 0.6 is 0 Å². The van der Waals surface area contributed by atoms with Crippen LogP contribution < -0.4 is 5.32 Å².